The lowest BCUT2D eigenvalue weighted by atomic mass is 10.2. The summed E-state index contributed by atoms with van der Waals surface area (Å²) in [7, 11) is 0. The van der Waals surface area contributed by atoms with Gasteiger partial charge in [0.25, 0.3) is 0 Å². The molecule has 0 bridgehead atoms. The Bertz CT molecular complexity index is 532. The maximum Gasteiger partial charge on any atom is 0.0857 e. The van der Waals surface area contributed by atoms with Crippen molar-refractivity contribution in [1.29, 1.82) is 0 Å². The van der Waals surface area contributed by atoms with Gasteiger partial charge in [-0.15, -0.1) is 6.58 Å². The molecule has 0 N–H and O–H groups in total. The van der Waals surface area contributed by atoms with Crippen molar-refractivity contribution in [2.45, 2.75) is 6.61 Å². The maximum absolute atomic E-state index is 5.37. The average Bonchev–Trinajstić information content (AvgIpc) is 2.48. The van der Waals surface area contributed by atoms with E-state index < -0.39 is 0 Å². The molecule has 2 rings (SSSR count). The third-order valence-electron chi connectivity index (χ3n) is 2.48. The van der Waals surface area contributed by atoms with Gasteiger partial charge in [0.2, 0.25) is 0 Å². The van der Waals surface area contributed by atoms with Crippen molar-refractivity contribution in [3.8, 4) is 0 Å². The van der Waals surface area contributed by atoms with Crippen molar-refractivity contribution >= 4 is 11.4 Å². The topological polar surface area (TPSA) is 34.0 Å². The highest BCUT2D eigenvalue weighted by atomic mass is 16.5. The van der Waals surface area contributed by atoms with Crippen LogP contribution in [0, 0.1) is 0 Å². The highest BCUT2D eigenvalue weighted by Crippen LogP contribution is 2.18. The van der Waals surface area contributed by atoms with Gasteiger partial charge in [0.05, 0.1) is 24.6 Å². The van der Waals surface area contributed by atoms with E-state index in [0.717, 1.165) is 16.9 Å². The number of rotatable bonds is 6. The number of hydrogen-bond donors (Lipinski definition) is 0. The fourth-order valence-electron chi connectivity index (χ4n) is 1.53. The quantitative estimate of drug-likeness (QED) is 0.413. The molecule has 2 aromatic rings. The standard InChI is InChI=1S/C16H16N2O/c1-2-12-19-13-14-8-10-16(11-9-14)18-17-15-6-4-3-5-7-15/h2-11H,1,12-13H2/b18-17+. The molecule has 3 heteroatoms. The number of azo groups is 1. The highest BCUT2D eigenvalue weighted by Gasteiger charge is 1.94. The van der Waals surface area contributed by atoms with E-state index in [1.807, 2.05) is 54.6 Å². The summed E-state index contributed by atoms with van der Waals surface area (Å²) in [5.74, 6) is 0. The van der Waals surface area contributed by atoms with Crippen LogP contribution in [0.15, 0.2) is 77.5 Å². The fraction of sp³-hybridized carbons (Fsp3) is 0.125. The molecule has 19 heavy (non-hydrogen) atoms. The van der Waals surface area contributed by atoms with Crippen molar-refractivity contribution in [3.05, 3.63) is 72.8 Å². The number of hydrogen-bond acceptors (Lipinski definition) is 3. The molecule has 0 saturated carbocycles. The molecule has 0 heterocycles. The molecule has 0 spiro atoms. The van der Waals surface area contributed by atoms with Crippen molar-refractivity contribution in [3.63, 3.8) is 0 Å². The predicted molar refractivity (Wildman–Crippen MR) is 76.9 cm³/mol. The molecule has 0 radical (unpaired) electrons. The third-order valence-corrected chi connectivity index (χ3v) is 2.48. The first-order valence-corrected chi connectivity index (χ1v) is 6.13. The first kappa shape index (κ1) is 13.2. The van der Waals surface area contributed by atoms with Crippen molar-refractivity contribution in [1.82, 2.24) is 0 Å². The second-order valence-electron chi connectivity index (χ2n) is 4.01. The molecule has 96 valence electrons. The summed E-state index contributed by atoms with van der Waals surface area (Å²) in [6, 6.07) is 17.5. The monoisotopic (exact) mass is 252 g/mol. The largest absolute Gasteiger partial charge is 0.373 e. The minimum absolute atomic E-state index is 0.565. The van der Waals surface area contributed by atoms with E-state index in [9.17, 15) is 0 Å². The van der Waals surface area contributed by atoms with Gasteiger partial charge in [-0.2, -0.15) is 10.2 Å². The Hall–Kier alpha value is -2.26. The van der Waals surface area contributed by atoms with Crippen molar-refractivity contribution < 1.29 is 4.74 Å². The van der Waals surface area contributed by atoms with Gasteiger partial charge in [0.15, 0.2) is 0 Å². The van der Waals surface area contributed by atoms with Crippen LogP contribution in [0.5, 0.6) is 0 Å². The van der Waals surface area contributed by atoms with Crippen molar-refractivity contribution in [2.75, 3.05) is 6.61 Å². The van der Waals surface area contributed by atoms with E-state index in [4.69, 9.17) is 4.74 Å². The molecule has 0 unspecified atom stereocenters. The van der Waals surface area contributed by atoms with E-state index in [-0.39, 0.29) is 0 Å². The van der Waals surface area contributed by atoms with Gasteiger partial charge < -0.3 is 4.74 Å². The first-order chi connectivity index (χ1) is 9.38. The van der Waals surface area contributed by atoms with Crippen LogP contribution in [-0.2, 0) is 11.3 Å². The van der Waals surface area contributed by atoms with E-state index >= 15 is 0 Å². The van der Waals surface area contributed by atoms with E-state index in [1.165, 1.54) is 0 Å². The molecular formula is C16H16N2O. The van der Waals surface area contributed by atoms with Gasteiger partial charge in [-0.05, 0) is 29.8 Å². The molecule has 2 aromatic carbocycles. The zero-order valence-corrected chi connectivity index (χ0v) is 10.7. The normalized spacial score (nSPS) is 10.7. The summed E-state index contributed by atoms with van der Waals surface area (Å²) in [5.41, 5.74) is 2.79. The van der Waals surface area contributed by atoms with Gasteiger partial charge in [0, 0.05) is 0 Å². The molecule has 0 saturated heterocycles. The van der Waals surface area contributed by atoms with Crippen LogP contribution in [0.2, 0.25) is 0 Å². The molecule has 0 aliphatic heterocycles. The lowest BCUT2D eigenvalue weighted by Gasteiger charge is -2.01. The van der Waals surface area contributed by atoms with E-state index in [0.29, 0.717) is 13.2 Å². The number of benzene rings is 2. The minimum Gasteiger partial charge on any atom is -0.373 e. The predicted octanol–water partition coefficient (Wildman–Crippen LogP) is 4.80. The Morgan fingerprint density at radius 3 is 2.16 bits per heavy atom. The van der Waals surface area contributed by atoms with E-state index in [1.54, 1.807) is 6.08 Å². The summed E-state index contributed by atoms with van der Waals surface area (Å²) < 4.78 is 5.37. The smallest absolute Gasteiger partial charge is 0.0857 e. The fourth-order valence-corrected chi connectivity index (χ4v) is 1.53. The summed E-state index contributed by atoms with van der Waals surface area (Å²) in [6.07, 6.45) is 1.74. The molecule has 0 aromatic heterocycles. The van der Waals surface area contributed by atoms with E-state index in [2.05, 4.69) is 16.8 Å². The second kappa shape index (κ2) is 7.24. The Kier molecular flexibility index (Phi) is 5.02. The molecule has 0 aliphatic carbocycles. The lowest BCUT2D eigenvalue weighted by Crippen LogP contribution is -1.91. The molecule has 0 amide bonds. The zero-order chi connectivity index (χ0) is 13.3. The SMILES string of the molecule is C=CCOCc1ccc(/N=N/c2ccccc2)cc1. The Balaban J connectivity index is 1.95. The first-order valence-electron chi connectivity index (χ1n) is 6.13. The van der Waals surface area contributed by atoms with Crippen LogP contribution in [0.25, 0.3) is 0 Å². The van der Waals surface area contributed by atoms with Crippen LogP contribution < -0.4 is 0 Å². The van der Waals surface area contributed by atoms with Gasteiger partial charge in [-0.1, -0.05) is 36.4 Å². The summed E-state index contributed by atoms with van der Waals surface area (Å²) in [6.45, 7) is 4.76. The summed E-state index contributed by atoms with van der Waals surface area (Å²) in [4.78, 5) is 0. The second-order valence-corrected chi connectivity index (χ2v) is 4.01. The molecule has 3 nitrogen and oxygen atoms in total. The third kappa shape index (κ3) is 4.48. The molecule has 0 fully saturated rings. The maximum atomic E-state index is 5.37. The van der Waals surface area contributed by atoms with Crippen LogP contribution >= 0.6 is 0 Å². The van der Waals surface area contributed by atoms with Crippen LogP contribution in [-0.4, -0.2) is 6.61 Å². The average molecular weight is 252 g/mol. The van der Waals surface area contributed by atoms with Crippen LogP contribution in [0.1, 0.15) is 5.56 Å². The Labute approximate surface area is 113 Å². The van der Waals surface area contributed by atoms with Crippen LogP contribution in [0.3, 0.4) is 0 Å². The highest BCUT2D eigenvalue weighted by molar-refractivity contribution is 5.40. The Morgan fingerprint density at radius 1 is 0.895 bits per heavy atom. The zero-order valence-electron chi connectivity index (χ0n) is 10.7. The summed E-state index contributed by atoms with van der Waals surface area (Å²) in [5, 5.41) is 8.34. The number of nitrogens with zero attached hydrogens (tertiary/aromatic N) is 2. The number of ether oxygens (including phenoxy) is 1. The van der Waals surface area contributed by atoms with Gasteiger partial charge in [-0.25, -0.2) is 0 Å². The van der Waals surface area contributed by atoms with Gasteiger partial charge >= 0.3 is 0 Å². The molecular weight excluding hydrogens is 236 g/mol. The summed E-state index contributed by atoms with van der Waals surface area (Å²) >= 11 is 0. The molecule has 0 aliphatic rings. The lowest BCUT2D eigenvalue weighted by molar-refractivity contribution is 0.149. The minimum atomic E-state index is 0.565. The molecule has 0 atom stereocenters. The van der Waals surface area contributed by atoms with Gasteiger partial charge in [-0.3, -0.25) is 0 Å². The van der Waals surface area contributed by atoms with Crippen molar-refractivity contribution in [2.24, 2.45) is 10.2 Å². The Morgan fingerprint density at radius 2 is 1.53 bits per heavy atom. The van der Waals surface area contributed by atoms with Crippen LogP contribution in [0.4, 0.5) is 11.4 Å². The van der Waals surface area contributed by atoms with Gasteiger partial charge in [0.1, 0.15) is 0 Å².